The van der Waals surface area contributed by atoms with Crippen LogP contribution in [0.5, 0.6) is 0 Å². The number of hydrogen-bond acceptors (Lipinski definition) is 4. The lowest BCUT2D eigenvalue weighted by Gasteiger charge is -2.37. The fourth-order valence-electron chi connectivity index (χ4n) is 3.23. The molecule has 2 atom stereocenters. The van der Waals surface area contributed by atoms with E-state index in [0.717, 1.165) is 26.1 Å². The standard InChI is InChI=1S/C18H21NO2S/c1-21-18(20)15-9-10-19(12-14-6-3-2-4-7-14)13-16(15)17-8-5-11-22-17/h2-8,11,15-16H,9-10,12-13H2,1H3. The van der Waals surface area contributed by atoms with Gasteiger partial charge in [-0.1, -0.05) is 36.4 Å². The van der Waals surface area contributed by atoms with Crippen molar-refractivity contribution in [1.29, 1.82) is 0 Å². The van der Waals surface area contributed by atoms with E-state index in [2.05, 4.69) is 46.7 Å². The highest BCUT2D eigenvalue weighted by Gasteiger charge is 2.36. The van der Waals surface area contributed by atoms with Crippen LogP contribution in [0.15, 0.2) is 47.8 Å². The summed E-state index contributed by atoms with van der Waals surface area (Å²) in [6.07, 6.45) is 0.863. The lowest BCUT2D eigenvalue weighted by molar-refractivity contribution is -0.147. The van der Waals surface area contributed by atoms with Gasteiger partial charge in [-0.3, -0.25) is 9.69 Å². The first-order chi connectivity index (χ1) is 10.8. The maximum Gasteiger partial charge on any atom is 0.309 e. The Balaban J connectivity index is 1.74. The highest BCUT2D eigenvalue weighted by molar-refractivity contribution is 7.10. The Hall–Kier alpha value is -1.65. The summed E-state index contributed by atoms with van der Waals surface area (Å²) < 4.78 is 5.02. The highest BCUT2D eigenvalue weighted by Crippen LogP contribution is 2.36. The third-order valence-electron chi connectivity index (χ3n) is 4.36. The Morgan fingerprint density at radius 2 is 2.09 bits per heavy atom. The molecule has 0 aliphatic carbocycles. The zero-order chi connectivity index (χ0) is 15.4. The number of nitrogens with zero attached hydrogens (tertiary/aromatic N) is 1. The molecule has 4 heteroatoms. The van der Waals surface area contributed by atoms with Crippen molar-refractivity contribution >= 4 is 17.3 Å². The summed E-state index contributed by atoms with van der Waals surface area (Å²) in [6, 6.07) is 14.7. The smallest absolute Gasteiger partial charge is 0.309 e. The average Bonchev–Trinajstić information content (AvgIpc) is 3.09. The molecule has 1 aromatic carbocycles. The zero-order valence-electron chi connectivity index (χ0n) is 12.8. The number of piperidine rings is 1. The molecule has 0 radical (unpaired) electrons. The van der Waals surface area contributed by atoms with Crippen molar-refractivity contribution in [2.75, 3.05) is 20.2 Å². The van der Waals surface area contributed by atoms with Crippen LogP contribution in [0.3, 0.4) is 0 Å². The fraction of sp³-hybridized carbons (Fsp3) is 0.389. The summed E-state index contributed by atoms with van der Waals surface area (Å²) in [5, 5.41) is 2.08. The predicted molar refractivity (Wildman–Crippen MR) is 88.9 cm³/mol. The van der Waals surface area contributed by atoms with Crippen molar-refractivity contribution in [3.63, 3.8) is 0 Å². The van der Waals surface area contributed by atoms with E-state index in [-0.39, 0.29) is 17.8 Å². The molecule has 1 saturated heterocycles. The van der Waals surface area contributed by atoms with Gasteiger partial charge in [0, 0.05) is 23.9 Å². The van der Waals surface area contributed by atoms with Crippen LogP contribution < -0.4 is 0 Å². The van der Waals surface area contributed by atoms with Crippen LogP contribution in [0, 0.1) is 5.92 Å². The van der Waals surface area contributed by atoms with Gasteiger partial charge in [-0.25, -0.2) is 0 Å². The molecule has 0 bridgehead atoms. The van der Waals surface area contributed by atoms with E-state index in [1.165, 1.54) is 17.6 Å². The molecule has 22 heavy (non-hydrogen) atoms. The third-order valence-corrected chi connectivity index (χ3v) is 5.36. The van der Waals surface area contributed by atoms with Crippen molar-refractivity contribution in [2.45, 2.75) is 18.9 Å². The number of rotatable bonds is 4. The van der Waals surface area contributed by atoms with Crippen molar-refractivity contribution in [2.24, 2.45) is 5.92 Å². The Morgan fingerprint density at radius 3 is 2.77 bits per heavy atom. The van der Waals surface area contributed by atoms with Gasteiger partial charge < -0.3 is 4.74 Å². The SMILES string of the molecule is COC(=O)C1CCN(Cc2ccccc2)CC1c1cccs1. The number of esters is 1. The molecule has 1 fully saturated rings. The molecule has 1 aliphatic heterocycles. The summed E-state index contributed by atoms with van der Waals surface area (Å²) in [4.78, 5) is 15.8. The molecule has 116 valence electrons. The summed E-state index contributed by atoms with van der Waals surface area (Å²) in [6.45, 7) is 2.79. The first kappa shape index (κ1) is 15.3. The van der Waals surface area contributed by atoms with Gasteiger partial charge in [-0.05, 0) is 30.0 Å². The second kappa shape index (κ2) is 7.07. The Morgan fingerprint density at radius 1 is 1.27 bits per heavy atom. The van der Waals surface area contributed by atoms with Gasteiger partial charge in [0.2, 0.25) is 0 Å². The molecular formula is C18H21NO2S. The number of ether oxygens (including phenoxy) is 1. The minimum absolute atomic E-state index is 0.0179. The quantitative estimate of drug-likeness (QED) is 0.809. The maximum absolute atomic E-state index is 12.1. The van der Waals surface area contributed by atoms with Crippen molar-refractivity contribution < 1.29 is 9.53 Å². The molecule has 0 N–H and O–H groups in total. The molecule has 3 nitrogen and oxygen atoms in total. The van der Waals surface area contributed by atoms with Crippen molar-refractivity contribution in [3.05, 3.63) is 58.3 Å². The second-order valence-electron chi connectivity index (χ2n) is 5.76. The van der Waals surface area contributed by atoms with Gasteiger partial charge in [0.05, 0.1) is 13.0 Å². The van der Waals surface area contributed by atoms with E-state index in [4.69, 9.17) is 4.74 Å². The topological polar surface area (TPSA) is 29.5 Å². The van der Waals surface area contributed by atoms with Crippen LogP contribution in [0.1, 0.15) is 22.8 Å². The van der Waals surface area contributed by atoms with Crippen LogP contribution in [-0.4, -0.2) is 31.1 Å². The third kappa shape index (κ3) is 3.39. The number of methoxy groups -OCH3 is 1. The lowest BCUT2D eigenvalue weighted by Crippen LogP contribution is -2.41. The summed E-state index contributed by atoms with van der Waals surface area (Å²) in [5.74, 6) is 0.151. The number of benzene rings is 1. The van der Waals surface area contributed by atoms with Crippen LogP contribution in [0.4, 0.5) is 0 Å². The number of likely N-dealkylation sites (tertiary alicyclic amines) is 1. The molecule has 2 unspecified atom stereocenters. The lowest BCUT2D eigenvalue weighted by atomic mass is 9.84. The molecule has 2 heterocycles. The van der Waals surface area contributed by atoms with Gasteiger partial charge in [0.15, 0.2) is 0 Å². The average molecular weight is 315 g/mol. The minimum atomic E-state index is -0.0715. The van der Waals surface area contributed by atoms with E-state index in [1.54, 1.807) is 11.3 Å². The Kier molecular flexibility index (Phi) is 4.90. The van der Waals surface area contributed by atoms with Gasteiger partial charge in [0.1, 0.15) is 0 Å². The maximum atomic E-state index is 12.1. The van der Waals surface area contributed by atoms with E-state index in [0.29, 0.717) is 0 Å². The van der Waals surface area contributed by atoms with Gasteiger partial charge >= 0.3 is 5.97 Å². The van der Waals surface area contributed by atoms with E-state index >= 15 is 0 Å². The summed E-state index contributed by atoms with van der Waals surface area (Å²) in [7, 11) is 1.49. The zero-order valence-corrected chi connectivity index (χ0v) is 13.6. The van der Waals surface area contributed by atoms with Crippen LogP contribution >= 0.6 is 11.3 Å². The monoisotopic (exact) mass is 315 g/mol. The van der Waals surface area contributed by atoms with Gasteiger partial charge in [-0.15, -0.1) is 11.3 Å². The fourth-order valence-corrected chi connectivity index (χ4v) is 4.11. The first-order valence-corrected chi connectivity index (χ1v) is 8.53. The Bertz CT molecular complexity index is 597. The highest BCUT2D eigenvalue weighted by atomic mass is 32.1. The first-order valence-electron chi connectivity index (χ1n) is 7.65. The molecule has 1 aromatic heterocycles. The normalized spacial score (nSPS) is 22.4. The molecule has 2 aromatic rings. The van der Waals surface area contributed by atoms with Crippen LogP contribution in [-0.2, 0) is 16.1 Å². The number of hydrogen-bond donors (Lipinski definition) is 0. The predicted octanol–water partition coefficient (Wildman–Crippen LogP) is 3.53. The molecule has 1 aliphatic rings. The molecule has 3 rings (SSSR count). The van der Waals surface area contributed by atoms with E-state index < -0.39 is 0 Å². The van der Waals surface area contributed by atoms with Gasteiger partial charge in [0.25, 0.3) is 0 Å². The molecular weight excluding hydrogens is 294 g/mol. The number of carbonyl (C=O) groups excluding carboxylic acids is 1. The summed E-state index contributed by atoms with van der Waals surface area (Å²) in [5.41, 5.74) is 1.32. The number of carbonyl (C=O) groups is 1. The van der Waals surface area contributed by atoms with Crippen LogP contribution in [0.2, 0.25) is 0 Å². The van der Waals surface area contributed by atoms with Crippen LogP contribution in [0.25, 0.3) is 0 Å². The minimum Gasteiger partial charge on any atom is -0.469 e. The van der Waals surface area contributed by atoms with Crippen molar-refractivity contribution in [3.8, 4) is 0 Å². The van der Waals surface area contributed by atoms with Gasteiger partial charge in [-0.2, -0.15) is 0 Å². The van der Waals surface area contributed by atoms with E-state index in [9.17, 15) is 4.79 Å². The number of thiophene rings is 1. The molecule has 0 saturated carbocycles. The van der Waals surface area contributed by atoms with Crippen molar-refractivity contribution in [1.82, 2.24) is 4.90 Å². The Labute approximate surface area is 135 Å². The van der Waals surface area contributed by atoms with E-state index in [1.807, 2.05) is 6.07 Å². The summed E-state index contributed by atoms with van der Waals surface area (Å²) >= 11 is 1.73. The molecule has 0 amide bonds. The largest absolute Gasteiger partial charge is 0.469 e. The second-order valence-corrected chi connectivity index (χ2v) is 6.74. The molecule has 0 spiro atoms.